The molecule has 7 heterocycles. The van der Waals surface area contributed by atoms with E-state index >= 15 is 0 Å². The predicted molar refractivity (Wildman–Crippen MR) is 237 cm³/mol. The van der Waals surface area contributed by atoms with E-state index in [2.05, 4.69) is 29.7 Å². The molecule has 10 rings (SSSR count). The summed E-state index contributed by atoms with van der Waals surface area (Å²) in [4.78, 5) is 68.6. The maximum absolute atomic E-state index is 13.4. The summed E-state index contributed by atoms with van der Waals surface area (Å²) < 4.78 is 8.13. The molecule has 0 saturated carbocycles. The molecule has 4 fully saturated rings. The molecule has 0 spiro atoms. The number of ether oxygens (including phenoxy) is 1. The van der Waals surface area contributed by atoms with Crippen molar-refractivity contribution in [1.29, 1.82) is 0 Å². The second-order valence-electron chi connectivity index (χ2n) is 17.9. The molecule has 0 radical (unpaired) electrons. The first-order valence-corrected chi connectivity index (χ1v) is 22.6. The number of carbonyl (C=O) groups is 4. The predicted octanol–water partition coefficient (Wildman–Crippen LogP) is 5.50. The van der Waals surface area contributed by atoms with Crippen molar-refractivity contribution in [3.63, 3.8) is 0 Å². The molecule has 63 heavy (non-hydrogen) atoms. The first kappa shape index (κ1) is 41.0. The maximum atomic E-state index is 13.4. The molecule has 15 heteroatoms. The molecule has 5 aliphatic heterocycles. The van der Waals surface area contributed by atoms with Crippen LogP contribution in [0.5, 0.6) is 11.5 Å². The smallest absolute Gasteiger partial charge is 0.262 e. The average molecular weight is 851 g/mol. The Labute approximate surface area is 366 Å². The van der Waals surface area contributed by atoms with Crippen LogP contribution in [-0.2, 0) is 9.59 Å². The van der Waals surface area contributed by atoms with E-state index in [9.17, 15) is 19.2 Å². The highest BCUT2D eigenvalue weighted by Gasteiger charge is 2.45. The summed E-state index contributed by atoms with van der Waals surface area (Å²) in [6, 6.07) is 22.5. The third kappa shape index (κ3) is 8.44. The molecule has 4 saturated heterocycles. The fourth-order valence-electron chi connectivity index (χ4n) is 10.4. The van der Waals surface area contributed by atoms with Gasteiger partial charge in [0.15, 0.2) is 5.65 Å². The van der Waals surface area contributed by atoms with Crippen molar-refractivity contribution in [3.05, 3.63) is 95.8 Å². The van der Waals surface area contributed by atoms with Gasteiger partial charge >= 0.3 is 0 Å². The number of rotatable bonds is 11. The van der Waals surface area contributed by atoms with Gasteiger partial charge in [-0.1, -0.05) is 24.3 Å². The summed E-state index contributed by atoms with van der Waals surface area (Å²) in [5, 5.41) is 8.24. The Morgan fingerprint density at radius 3 is 2.19 bits per heavy atom. The van der Waals surface area contributed by atoms with Crippen molar-refractivity contribution in [2.24, 2.45) is 5.92 Å². The summed E-state index contributed by atoms with van der Waals surface area (Å²) in [5.74, 6) is 1.09. The molecule has 326 valence electrons. The number of para-hydroxylation sites is 1. The van der Waals surface area contributed by atoms with E-state index < -0.39 is 23.8 Å². The molecule has 4 amide bonds. The van der Waals surface area contributed by atoms with E-state index in [0.717, 1.165) is 129 Å². The number of nitrogens with zero attached hydrogens (tertiary/aromatic N) is 8. The Morgan fingerprint density at radius 2 is 1.44 bits per heavy atom. The molecule has 3 aromatic carbocycles. The summed E-state index contributed by atoms with van der Waals surface area (Å²) in [5.41, 5.74) is 10.8. The number of carbonyl (C=O) groups excluding carboxylic acids is 4. The van der Waals surface area contributed by atoms with Crippen molar-refractivity contribution >= 4 is 40.5 Å². The molecule has 1 unspecified atom stereocenters. The largest absolute Gasteiger partial charge is 0.457 e. The highest BCUT2D eigenvalue weighted by molar-refractivity contribution is 6.23. The van der Waals surface area contributed by atoms with Gasteiger partial charge < -0.3 is 25.2 Å². The van der Waals surface area contributed by atoms with Gasteiger partial charge in [-0.15, -0.1) is 0 Å². The first-order chi connectivity index (χ1) is 30.8. The van der Waals surface area contributed by atoms with Crippen LogP contribution in [0, 0.1) is 5.92 Å². The highest BCUT2D eigenvalue weighted by atomic mass is 16.5. The Bertz CT molecular complexity index is 2510. The lowest BCUT2D eigenvalue weighted by atomic mass is 9.88. The van der Waals surface area contributed by atoms with Crippen LogP contribution >= 0.6 is 0 Å². The van der Waals surface area contributed by atoms with Crippen molar-refractivity contribution in [2.75, 3.05) is 64.6 Å². The number of fused-ring (bicyclic) bond motifs is 2. The lowest BCUT2D eigenvalue weighted by Gasteiger charge is -2.39. The van der Waals surface area contributed by atoms with Gasteiger partial charge in [0.25, 0.3) is 11.8 Å². The second kappa shape index (κ2) is 17.6. The van der Waals surface area contributed by atoms with E-state index in [1.807, 2.05) is 66.7 Å². The number of hydrogen-bond donors (Lipinski definition) is 2. The zero-order valence-corrected chi connectivity index (χ0v) is 35.5. The number of anilines is 1. The van der Waals surface area contributed by atoms with Crippen LogP contribution in [0.4, 0.5) is 5.82 Å². The lowest BCUT2D eigenvalue weighted by molar-refractivity contribution is -0.136. The number of hydrogen-bond acceptors (Lipinski definition) is 12. The highest BCUT2D eigenvalue weighted by Crippen LogP contribution is 2.37. The Morgan fingerprint density at radius 1 is 0.730 bits per heavy atom. The first-order valence-electron chi connectivity index (χ1n) is 22.6. The van der Waals surface area contributed by atoms with Crippen molar-refractivity contribution < 1.29 is 23.9 Å². The summed E-state index contributed by atoms with van der Waals surface area (Å²) in [6.07, 6.45) is 8.33. The minimum Gasteiger partial charge on any atom is -0.457 e. The molecule has 2 aromatic heterocycles. The Hall–Kier alpha value is -6.03. The maximum Gasteiger partial charge on any atom is 0.262 e. The monoisotopic (exact) mass is 850 g/mol. The van der Waals surface area contributed by atoms with Crippen LogP contribution in [0.3, 0.4) is 0 Å². The van der Waals surface area contributed by atoms with Crippen molar-refractivity contribution in [3.8, 4) is 22.8 Å². The fraction of sp³-hybridized carbons (Fsp3) is 0.438. The number of likely N-dealkylation sites (tertiary alicyclic amines) is 3. The van der Waals surface area contributed by atoms with Crippen LogP contribution in [0.1, 0.15) is 89.6 Å². The van der Waals surface area contributed by atoms with E-state index in [-0.39, 0.29) is 24.8 Å². The molecular weight excluding hydrogens is 797 g/mol. The number of amides is 4. The summed E-state index contributed by atoms with van der Waals surface area (Å²) in [6.45, 7) is 9.46. The fourth-order valence-corrected chi connectivity index (χ4v) is 10.4. The van der Waals surface area contributed by atoms with Crippen LogP contribution in [0.2, 0.25) is 0 Å². The normalized spacial score (nSPS) is 22.2. The standard InChI is InChI=1S/C48H54N10O5/c49-44-42-43(33-8-11-37(12-9-33)63-36-6-2-1-3-7-36)53-58(45(42)51-30-50-44)35-5-4-20-56(29-35)28-31-16-21-54(22-17-31)25-26-55-23-18-32(19-24-55)34-10-13-38-39(27-34)48(62)57(47(38)61)40-14-15-41(59)52-46(40)60/h1-3,6-13,27,30-32,35,40H,4-5,14-26,28-29H2,(H2,49,50,51)(H,52,59,60)/t35-,40?/m1/s1. The molecule has 2 atom stereocenters. The van der Waals surface area contributed by atoms with E-state index in [4.69, 9.17) is 20.6 Å². The summed E-state index contributed by atoms with van der Waals surface area (Å²) >= 11 is 0. The Kier molecular flexibility index (Phi) is 11.5. The number of imide groups is 2. The van der Waals surface area contributed by atoms with Gasteiger partial charge in [0.1, 0.15) is 35.4 Å². The van der Waals surface area contributed by atoms with Crippen LogP contribution in [-0.4, -0.2) is 128 Å². The zero-order chi connectivity index (χ0) is 43.0. The van der Waals surface area contributed by atoms with Gasteiger partial charge in [-0.3, -0.25) is 29.4 Å². The third-order valence-corrected chi connectivity index (χ3v) is 13.9. The van der Waals surface area contributed by atoms with Crippen LogP contribution < -0.4 is 15.8 Å². The minimum atomic E-state index is -0.949. The molecular formula is C48H54N10O5. The molecule has 0 aliphatic carbocycles. The molecule has 5 aromatic rings. The van der Waals surface area contributed by atoms with Crippen molar-refractivity contribution in [2.45, 2.75) is 69.4 Å². The van der Waals surface area contributed by atoms with Gasteiger partial charge in [-0.2, -0.15) is 5.10 Å². The van der Waals surface area contributed by atoms with Crippen LogP contribution in [0.15, 0.2) is 79.1 Å². The van der Waals surface area contributed by atoms with Crippen LogP contribution in [0.25, 0.3) is 22.3 Å². The Balaban J connectivity index is 0.691. The SMILES string of the molecule is Nc1ncnc2c1c(-c1ccc(Oc3ccccc3)cc1)nn2[C@@H]1CCCN(CC2CCN(CCN3CCC(c4ccc5c(c4)C(=O)N(C4CCC(=O)NC4=O)C5=O)CC3)CC2)C1. The van der Waals surface area contributed by atoms with Gasteiger partial charge in [0, 0.05) is 38.2 Å². The average Bonchev–Trinajstić information content (AvgIpc) is 3.82. The van der Waals surface area contributed by atoms with Gasteiger partial charge in [-0.25, -0.2) is 14.6 Å². The van der Waals surface area contributed by atoms with Gasteiger partial charge in [0.2, 0.25) is 11.8 Å². The number of piperidine rings is 4. The molecule has 5 aliphatic rings. The topological polar surface area (TPSA) is 172 Å². The lowest BCUT2D eigenvalue weighted by Crippen LogP contribution is -2.54. The number of nitrogens with two attached hydrogens (primary N) is 1. The van der Waals surface area contributed by atoms with Gasteiger partial charge in [-0.05, 0) is 144 Å². The van der Waals surface area contributed by atoms with E-state index in [0.29, 0.717) is 28.8 Å². The molecule has 15 nitrogen and oxygen atoms in total. The number of nitrogens with one attached hydrogen (secondary N) is 1. The number of benzene rings is 3. The number of aromatic nitrogens is 4. The molecule has 0 bridgehead atoms. The number of nitrogen functional groups attached to an aromatic ring is 1. The zero-order valence-electron chi connectivity index (χ0n) is 35.5. The summed E-state index contributed by atoms with van der Waals surface area (Å²) in [7, 11) is 0. The third-order valence-electron chi connectivity index (χ3n) is 13.9. The van der Waals surface area contributed by atoms with E-state index in [1.54, 1.807) is 12.4 Å². The minimum absolute atomic E-state index is 0.109. The van der Waals surface area contributed by atoms with Gasteiger partial charge in [0.05, 0.1) is 22.6 Å². The van der Waals surface area contributed by atoms with Crippen molar-refractivity contribution in [1.82, 2.24) is 44.7 Å². The second-order valence-corrected chi connectivity index (χ2v) is 17.9. The quantitative estimate of drug-likeness (QED) is 0.160. The van der Waals surface area contributed by atoms with E-state index in [1.165, 1.54) is 12.8 Å². The molecule has 3 N–H and O–H groups in total.